The molecule has 10 nitrogen and oxygen atoms in total. The van der Waals surface area contributed by atoms with Crippen molar-refractivity contribution in [3.63, 3.8) is 0 Å². The molecule has 0 atom stereocenters. The number of carbonyl (C=O) groups is 3. The number of amides is 3. The van der Waals surface area contributed by atoms with E-state index in [9.17, 15) is 29.7 Å². The van der Waals surface area contributed by atoms with Crippen molar-refractivity contribution >= 4 is 35.9 Å². The van der Waals surface area contributed by atoms with Crippen LogP contribution in [-0.2, 0) is 14.4 Å². The molecular formula is C33H36N4O6. The van der Waals surface area contributed by atoms with Gasteiger partial charge in [0, 0.05) is 57.5 Å². The summed E-state index contributed by atoms with van der Waals surface area (Å²) in [6.45, 7) is 2.50. The van der Waals surface area contributed by atoms with Gasteiger partial charge in [-0.15, -0.1) is 0 Å². The third kappa shape index (κ3) is 13.2. The molecule has 0 saturated heterocycles. The minimum absolute atomic E-state index is 0.149. The molecule has 0 aliphatic heterocycles. The van der Waals surface area contributed by atoms with Crippen LogP contribution in [0.4, 0.5) is 0 Å². The molecule has 224 valence electrons. The van der Waals surface area contributed by atoms with Gasteiger partial charge in [-0.2, -0.15) is 0 Å². The van der Waals surface area contributed by atoms with Gasteiger partial charge in [0.05, 0.1) is 0 Å². The lowest BCUT2D eigenvalue weighted by Gasteiger charge is -2.22. The fourth-order valence-corrected chi connectivity index (χ4v) is 3.80. The molecule has 0 saturated carbocycles. The van der Waals surface area contributed by atoms with E-state index in [1.807, 2.05) is 4.90 Å². The highest BCUT2D eigenvalue weighted by molar-refractivity contribution is 5.92. The van der Waals surface area contributed by atoms with Gasteiger partial charge in [-0.25, -0.2) is 0 Å². The first-order valence-electron chi connectivity index (χ1n) is 13.7. The van der Waals surface area contributed by atoms with Crippen LogP contribution in [0.25, 0.3) is 18.2 Å². The zero-order valence-corrected chi connectivity index (χ0v) is 23.6. The van der Waals surface area contributed by atoms with E-state index in [1.165, 1.54) is 18.2 Å². The quantitative estimate of drug-likeness (QED) is 0.150. The fraction of sp³-hybridized carbons (Fsp3) is 0.182. The molecule has 0 fully saturated rings. The number of benzene rings is 3. The molecule has 0 aliphatic rings. The Balaban J connectivity index is 1.46. The minimum Gasteiger partial charge on any atom is -0.508 e. The van der Waals surface area contributed by atoms with Gasteiger partial charge in [-0.1, -0.05) is 36.4 Å². The highest BCUT2D eigenvalue weighted by Crippen LogP contribution is 2.12. The largest absolute Gasteiger partial charge is 0.508 e. The average molecular weight is 585 g/mol. The Hall–Kier alpha value is -5.35. The van der Waals surface area contributed by atoms with Crippen molar-refractivity contribution in [1.82, 2.24) is 20.9 Å². The second-order valence-electron chi connectivity index (χ2n) is 9.49. The van der Waals surface area contributed by atoms with E-state index in [0.29, 0.717) is 39.3 Å². The van der Waals surface area contributed by atoms with Gasteiger partial charge in [-0.05, 0) is 71.3 Å². The maximum absolute atomic E-state index is 12.3. The Morgan fingerprint density at radius 3 is 1.00 bits per heavy atom. The summed E-state index contributed by atoms with van der Waals surface area (Å²) in [7, 11) is 0. The molecular weight excluding hydrogens is 548 g/mol. The second-order valence-corrected chi connectivity index (χ2v) is 9.49. The molecule has 3 rings (SSSR count). The molecule has 0 aromatic heterocycles. The predicted molar refractivity (Wildman–Crippen MR) is 167 cm³/mol. The van der Waals surface area contributed by atoms with Gasteiger partial charge in [0.25, 0.3) is 0 Å². The van der Waals surface area contributed by atoms with Crippen LogP contribution in [0.2, 0.25) is 0 Å². The highest BCUT2D eigenvalue weighted by Gasteiger charge is 2.07. The Bertz CT molecular complexity index is 1240. The molecule has 0 spiro atoms. The third-order valence-corrected chi connectivity index (χ3v) is 6.14. The van der Waals surface area contributed by atoms with Crippen molar-refractivity contribution in [1.29, 1.82) is 0 Å². The topological polar surface area (TPSA) is 151 Å². The van der Waals surface area contributed by atoms with Crippen molar-refractivity contribution < 1.29 is 29.7 Å². The normalized spacial score (nSPS) is 11.4. The first-order valence-corrected chi connectivity index (χ1v) is 13.7. The Morgan fingerprint density at radius 1 is 0.488 bits per heavy atom. The number of nitrogens with zero attached hydrogens (tertiary/aromatic N) is 1. The molecule has 43 heavy (non-hydrogen) atoms. The lowest BCUT2D eigenvalue weighted by molar-refractivity contribution is -0.117. The van der Waals surface area contributed by atoms with E-state index >= 15 is 0 Å². The predicted octanol–water partition coefficient (Wildman–Crippen LogP) is 2.89. The van der Waals surface area contributed by atoms with Crippen LogP contribution in [-0.4, -0.2) is 77.2 Å². The zero-order valence-electron chi connectivity index (χ0n) is 23.6. The molecule has 3 amide bonds. The number of hydrogen-bond acceptors (Lipinski definition) is 7. The van der Waals surface area contributed by atoms with E-state index in [4.69, 9.17) is 0 Å². The van der Waals surface area contributed by atoms with E-state index in [2.05, 4.69) is 16.0 Å². The summed E-state index contributed by atoms with van der Waals surface area (Å²) in [5, 5.41) is 36.6. The lowest BCUT2D eigenvalue weighted by Crippen LogP contribution is -2.42. The summed E-state index contributed by atoms with van der Waals surface area (Å²) < 4.78 is 0. The van der Waals surface area contributed by atoms with Gasteiger partial charge >= 0.3 is 0 Å². The lowest BCUT2D eigenvalue weighted by atomic mass is 10.2. The Labute approximate surface area is 250 Å². The Kier molecular flexibility index (Phi) is 13.1. The van der Waals surface area contributed by atoms with Crippen molar-refractivity contribution in [2.45, 2.75) is 0 Å². The van der Waals surface area contributed by atoms with Gasteiger partial charge < -0.3 is 31.3 Å². The standard InChI is InChI=1S/C33H36N4O6/c38-28-10-1-25(2-11-28)7-16-31(41)34-19-22-37(23-20-35-32(42)17-8-26-3-12-29(39)13-4-26)24-21-36-33(43)18-9-27-5-14-30(40)15-6-27/h1-18,38-40H,19-24H2,(H,34,41)(H,35,42)(H,36,43)/b16-7+,17-8+,18-9+. The van der Waals surface area contributed by atoms with Crippen molar-refractivity contribution in [2.75, 3.05) is 39.3 Å². The SMILES string of the molecule is O=C(/C=C/c1ccc(O)cc1)NCCN(CCNC(=O)/C=C/c1ccc(O)cc1)CCNC(=O)/C=C/c1ccc(O)cc1. The van der Waals surface area contributed by atoms with Gasteiger partial charge in [-0.3, -0.25) is 19.3 Å². The summed E-state index contributed by atoms with van der Waals surface area (Å²) >= 11 is 0. The molecule has 0 bridgehead atoms. The molecule has 0 radical (unpaired) electrons. The monoisotopic (exact) mass is 584 g/mol. The number of rotatable bonds is 15. The summed E-state index contributed by atoms with van der Waals surface area (Å²) in [4.78, 5) is 38.8. The number of aromatic hydroxyl groups is 3. The summed E-state index contributed by atoms with van der Waals surface area (Å²) in [5.41, 5.74) is 2.33. The molecule has 0 heterocycles. The van der Waals surface area contributed by atoms with Crippen LogP contribution < -0.4 is 16.0 Å². The van der Waals surface area contributed by atoms with Crippen molar-refractivity contribution in [2.24, 2.45) is 0 Å². The first kappa shape index (κ1) is 32.2. The summed E-state index contributed by atoms with van der Waals surface area (Å²) in [6, 6.07) is 19.4. The number of hydrogen-bond donors (Lipinski definition) is 6. The van der Waals surface area contributed by atoms with Crippen molar-refractivity contribution in [3.8, 4) is 17.2 Å². The molecule has 3 aromatic rings. The van der Waals surface area contributed by atoms with Crippen LogP contribution in [0.1, 0.15) is 16.7 Å². The number of nitrogens with one attached hydrogen (secondary N) is 3. The molecule has 0 unspecified atom stereocenters. The van der Waals surface area contributed by atoms with Crippen LogP contribution in [0.3, 0.4) is 0 Å². The number of phenols is 3. The molecule has 0 aliphatic carbocycles. The molecule has 3 aromatic carbocycles. The van der Waals surface area contributed by atoms with Gasteiger partial charge in [0.1, 0.15) is 17.2 Å². The van der Waals surface area contributed by atoms with E-state index in [-0.39, 0.29) is 35.0 Å². The van der Waals surface area contributed by atoms with Crippen LogP contribution in [0, 0.1) is 0 Å². The average Bonchev–Trinajstić information content (AvgIpc) is 3.00. The minimum atomic E-state index is -0.270. The highest BCUT2D eigenvalue weighted by atomic mass is 16.3. The van der Waals surface area contributed by atoms with Gasteiger partial charge in [0.2, 0.25) is 17.7 Å². The third-order valence-electron chi connectivity index (χ3n) is 6.14. The number of phenolic OH excluding ortho intramolecular Hbond substituents is 3. The maximum atomic E-state index is 12.3. The second kappa shape index (κ2) is 17.5. The zero-order chi connectivity index (χ0) is 30.9. The maximum Gasteiger partial charge on any atom is 0.244 e. The van der Waals surface area contributed by atoms with Crippen LogP contribution in [0.5, 0.6) is 17.2 Å². The molecule has 6 N–H and O–H groups in total. The smallest absolute Gasteiger partial charge is 0.244 e. The summed E-state index contributed by atoms with van der Waals surface area (Å²) in [5.74, 6) is -0.363. The van der Waals surface area contributed by atoms with Crippen LogP contribution in [0.15, 0.2) is 91.0 Å². The van der Waals surface area contributed by atoms with E-state index in [0.717, 1.165) is 16.7 Å². The van der Waals surface area contributed by atoms with Gasteiger partial charge in [0.15, 0.2) is 0 Å². The number of carbonyl (C=O) groups excluding carboxylic acids is 3. The Morgan fingerprint density at radius 2 is 0.744 bits per heavy atom. The fourth-order valence-electron chi connectivity index (χ4n) is 3.80. The molecule has 10 heteroatoms. The van der Waals surface area contributed by atoms with Crippen molar-refractivity contribution in [3.05, 3.63) is 108 Å². The van der Waals surface area contributed by atoms with E-state index in [1.54, 1.807) is 91.0 Å². The summed E-state index contributed by atoms with van der Waals surface area (Å²) in [6.07, 6.45) is 9.19. The van der Waals surface area contributed by atoms with Crippen LogP contribution >= 0.6 is 0 Å². The van der Waals surface area contributed by atoms with E-state index < -0.39 is 0 Å². The first-order chi connectivity index (χ1) is 20.8.